The summed E-state index contributed by atoms with van der Waals surface area (Å²) in [4.78, 5) is 40.8. The highest BCUT2D eigenvalue weighted by Crippen LogP contribution is 2.19. The van der Waals surface area contributed by atoms with Crippen LogP contribution in [0, 0.1) is 6.92 Å². The molecule has 1 aliphatic heterocycles. The molecule has 0 aromatic carbocycles. The number of thiazole rings is 1. The minimum atomic E-state index is -1.20. The lowest BCUT2D eigenvalue weighted by Gasteiger charge is -2.20. The summed E-state index contributed by atoms with van der Waals surface area (Å²) >= 11 is 1.49. The van der Waals surface area contributed by atoms with Gasteiger partial charge in [-0.3, -0.25) is 4.79 Å². The van der Waals surface area contributed by atoms with Crippen LogP contribution in [0.15, 0.2) is 35.3 Å². The van der Waals surface area contributed by atoms with Crippen molar-refractivity contribution < 1.29 is 33.7 Å². The fraction of sp³-hybridized carbons (Fsp3) is 0.455. The maximum atomic E-state index is 12.4. The Morgan fingerprint density at radius 3 is 2.55 bits per heavy atom. The standard InChI is InChI=1S/C22H27NO7S/c1-13(10-17-12-31-16(4)23-17)19-11-22(27)28-14(2)6-5-7-20(25)29-15(3)18(24)8-9-21(26)30-19/h5,7-10,12,14-15,18-19,24H,6,11H2,1-4H3/b7-5+,9-8+,13-10+/t14-,15-,18+,19?/m0/s1. The quantitative estimate of drug-likeness (QED) is 0.542. The van der Waals surface area contributed by atoms with Gasteiger partial charge in [-0.2, -0.15) is 0 Å². The molecule has 1 unspecified atom stereocenters. The van der Waals surface area contributed by atoms with Crippen molar-refractivity contribution in [3.63, 3.8) is 0 Å². The van der Waals surface area contributed by atoms with E-state index in [1.807, 2.05) is 12.3 Å². The molecule has 168 valence electrons. The number of carbonyl (C=O) groups is 3. The van der Waals surface area contributed by atoms with Crippen LogP contribution < -0.4 is 0 Å². The second-order valence-electron chi connectivity index (χ2n) is 7.24. The van der Waals surface area contributed by atoms with Crippen LogP contribution in [-0.4, -0.2) is 52.4 Å². The Morgan fingerprint density at radius 1 is 1.16 bits per heavy atom. The molecule has 0 fully saturated rings. The number of carbonyl (C=O) groups excluding carboxylic acids is 3. The number of hydrogen-bond donors (Lipinski definition) is 1. The van der Waals surface area contributed by atoms with Crippen LogP contribution in [0.25, 0.3) is 6.08 Å². The second-order valence-corrected chi connectivity index (χ2v) is 8.30. The molecule has 1 aromatic rings. The third-order valence-corrected chi connectivity index (χ3v) is 5.19. The molecule has 1 aliphatic rings. The van der Waals surface area contributed by atoms with E-state index in [9.17, 15) is 19.5 Å². The summed E-state index contributed by atoms with van der Waals surface area (Å²) in [7, 11) is 0. The zero-order valence-electron chi connectivity index (χ0n) is 17.9. The fourth-order valence-corrected chi connectivity index (χ4v) is 3.27. The zero-order valence-corrected chi connectivity index (χ0v) is 18.8. The van der Waals surface area contributed by atoms with Crippen molar-refractivity contribution in [2.45, 2.75) is 65.0 Å². The molecule has 8 nitrogen and oxygen atoms in total. The van der Waals surface area contributed by atoms with Crippen molar-refractivity contribution >= 4 is 35.3 Å². The number of aryl methyl sites for hydroxylation is 1. The van der Waals surface area contributed by atoms with Crippen LogP contribution in [0.4, 0.5) is 0 Å². The van der Waals surface area contributed by atoms with Crippen LogP contribution in [0.3, 0.4) is 0 Å². The van der Waals surface area contributed by atoms with Crippen molar-refractivity contribution in [2.75, 3.05) is 0 Å². The van der Waals surface area contributed by atoms with E-state index < -0.39 is 42.3 Å². The molecule has 0 aliphatic carbocycles. The molecule has 0 amide bonds. The van der Waals surface area contributed by atoms with Gasteiger partial charge in [-0.15, -0.1) is 11.3 Å². The van der Waals surface area contributed by atoms with Crippen molar-refractivity contribution in [3.8, 4) is 0 Å². The van der Waals surface area contributed by atoms with Gasteiger partial charge in [-0.05, 0) is 45.4 Å². The maximum absolute atomic E-state index is 12.4. The Bertz CT molecular complexity index is 886. The molecule has 9 heteroatoms. The largest absolute Gasteiger partial charge is 0.462 e. The third-order valence-electron chi connectivity index (χ3n) is 4.40. The van der Waals surface area contributed by atoms with Gasteiger partial charge in [0.15, 0.2) is 0 Å². The lowest BCUT2D eigenvalue weighted by atomic mass is 10.1. The highest BCUT2D eigenvalue weighted by molar-refractivity contribution is 7.09. The molecule has 2 rings (SSSR count). The van der Waals surface area contributed by atoms with Gasteiger partial charge in [-0.1, -0.05) is 6.08 Å². The summed E-state index contributed by atoms with van der Waals surface area (Å²) in [5.41, 5.74) is 1.33. The van der Waals surface area contributed by atoms with Gasteiger partial charge in [0.1, 0.15) is 24.4 Å². The van der Waals surface area contributed by atoms with Crippen molar-refractivity contribution in [1.82, 2.24) is 4.98 Å². The molecule has 1 aromatic heterocycles. The van der Waals surface area contributed by atoms with Crippen LogP contribution in [-0.2, 0) is 28.6 Å². The number of aromatic nitrogens is 1. The average molecular weight is 450 g/mol. The minimum Gasteiger partial charge on any atom is -0.462 e. The molecular weight excluding hydrogens is 422 g/mol. The first-order valence-electron chi connectivity index (χ1n) is 9.88. The van der Waals surface area contributed by atoms with E-state index >= 15 is 0 Å². The second kappa shape index (κ2) is 11.6. The SMILES string of the molecule is C/C(=C\c1csc(C)n1)C1CC(=O)O[C@@H](C)C/C=C/C(=O)O[C@@H](C)[C@H](O)/C=C/C(=O)O1. The Kier molecular flexibility index (Phi) is 9.14. The van der Waals surface area contributed by atoms with Crippen LogP contribution in [0.2, 0.25) is 0 Å². The maximum Gasteiger partial charge on any atom is 0.331 e. The normalized spacial score (nSPS) is 28.9. The van der Waals surface area contributed by atoms with Gasteiger partial charge in [0.25, 0.3) is 0 Å². The van der Waals surface area contributed by atoms with Gasteiger partial charge in [0.2, 0.25) is 0 Å². The van der Waals surface area contributed by atoms with Crippen LogP contribution >= 0.6 is 11.3 Å². The molecule has 0 saturated heterocycles. The number of rotatable bonds is 2. The van der Waals surface area contributed by atoms with E-state index in [0.717, 1.165) is 11.1 Å². The molecule has 0 radical (unpaired) electrons. The Hall–Kier alpha value is -2.78. The topological polar surface area (TPSA) is 112 Å². The van der Waals surface area contributed by atoms with Crippen molar-refractivity contribution in [1.29, 1.82) is 0 Å². The molecule has 2 heterocycles. The molecule has 0 spiro atoms. The van der Waals surface area contributed by atoms with E-state index in [0.29, 0.717) is 17.7 Å². The summed E-state index contributed by atoms with van der Waals surface area (Å²) in [5, 5.41) is 12.8. The van der Waals surface area contributed by atoms with E-state index in [1.165, 1.54) is 36.5 Å². The Balaban J connectivity index is 2.25. The number of cyclic esters (lactones) is 3. The number of nitrogens with zero attached hydrogens (tertiary/aromatic N) is 1. The van der Waals surface area contributed by atoms with Crippen LogP contribution in [0.1, 0.15) is 44.3 Å². The summed E-state index contributed by atoms with van der Waals surface area (Å²) in [6, 6.07) is 0. The lowest BCUT2D eigenvalue weighted by Crippen LogP contribution is -2.28. The minimum absolute atomic E-state index is 0.180. The highest BCUT2D eigenvalue weighted by Gasteiger charge is 2.23. The summed E-state index contributed by atoms with van der Waals surface area (Å²) in [5.74, 6) is -1.95. The molecule has 0 bridgehead atoms. The Morgan fingerprint density at radius 2 is 1.87 bits per heavy atom. The first-order chi connectivity index (χ1) is 14.6. The zero-order chi connectivity index (χ0) is 23.0. The lowest BCUT2D eigenvalue weighted by molar-refractivity contribution is -0.153. The van der Waals surface area contributed by atoms with Gasteiger partial charge in [-0.25, -0.2) is 14.6 Å². The summed E-state index contributed by atoms with van der Waals surface area (Å²) < 4.78 is 15.9. The Labute approximate surface area is 185 Å². The first-order valence-corrected chi connectivity index (χ1v) is 10.8. The first kappa shape index (κ1) is 24.5. The van der Waals surface area contributed by atoms with Crippen molar-refractivity contribution in [3.05, 3.63) is 46.0 Å². The number of hydrogen-bond acceptors (Lipinski definition) is 9. The molecule has 1 N–H and O–H groups in total. The fourth-order valence-electron chi connectivity index (χ4n) is 2.70. The van der Waals surface area contributed by atoms with Crippen LogP contribution in [0.5, 0.6) is 0 Å². The van der Waals surface area contributed by atoms with E-state index in [2.05, 4.69) is 4.98 Å². The molecular formula is C22H27NO7S. The smallest absolute Gasteiger partial charge is 0.331 e. The third kappa shape index (κ3) is 8.47. The number of ether oxygens (including phenoxy) is 3. The monoisotopic (exact) mass is 449 g/mol. The van der Waals surface area contributed by atoms with Gasteiger partial charge in [0, 0.05) is 24.0 Å². The average Bonchev–Trinajstić information content (AvgIpc) is 3.09. The highest BCUT2D eigenvalue weighted by atomic mass is 32.1. The van der Waals surface area contributed by atoms with Gasteiger partial charge >= 0.3 is 17.9 Å². The van der Waals surface area contributed by atoms with E-state index in [1.54, 1.807) is 19.9 Å². The van der Waals surface area contributed by atoms with Gasteiger partial charge in [0.05, 0.1) is 17.1 Å². The molecule has 0 saturated carbocycles. The van der Waals surface area contributed by atoms with Gasteiger partial charge < -0.3 is 19.3 Å². The number of esters is 3. The number of aliphatic hydroxyl groups is 1. The summed E-state index contributed by atoms with van der Waals surface area (Å²) in [6.07, 6.45) is 3.41. The predicted molar refractivity (Wildman–Crippen MR) is 115 cm³/mol. The summed E-state index contributed by atoms with van der Waals surface area (Å²) in [6.45, 7) is 6.81. The molecule has 4 atom stereocenters. The van der Waals surface area contributed by atoms with Crippen molar-refractivity contribution in [2.24, 2.45) is 0 Å². The van der Waals surface area contributed by atoms with E-state index in [4.69, 9.17) is 14.2 Å². The number of aliphatic hydroxyl groups excluding tert-OH is 1. The van der Waals surface area contributed by atoms with E-state index in [-0.39, 0.29) is 6.42 Å². The predicted octanol–water partition coefficient (Wildman–Crippen LogP) is 2.90. The molecule has 31 heavy (non-hydrogen) atoms.